The van der Waals surface area contributed by atoms with Gasteiger partial charge in [0.1, 0.15) is 0 Å². The highest BCUT2D eigenvalue weighted by Gasteiger charge is 2.55. The third-order valence-electron chi connectivity index (χ3n) is 6.94. The maximum absolute atomic E-state index is 12.8. The van der Waals surface area contributed by atoms with Crippen molar-refractivity contribution in [2.75, 3.05) is 10.0 Å². The van der Waals surface area contributed by atoms with Crippen LogP contribution in [0.25, 0.3) is 0 Å². The molecule has 5 nitrogen and oxygen atoms in total. The summed E-state index contributed by atoms with van der Waals surface area (Å²) in [6.45, 7) is 5.93. The number of hydrogen-bond acceptors (Lipinski definition) is 6. The molecule has 39 heavy (non-hydrogen) atoms. The zero-order valence-electron chi connectivity index (χ0n) is 21.9. The summed E-state index contributed by atoms with van der Waals surface area (Å²) in [7, 11) is 0. The molecule has 1 atom stereocenters. The first kappa shape index (κ1) is 25.4. The number of carbonyl (C=O) groups is 1. The number of Topliss-reactive ketones (excluding diaryl/α,β-unsaturated/α-hetero) is 1. The molecule has 6 rings (SSSR count). The van der Waals surface area contributed by atoms with Crippen molar-refractivity contribution in [1.29, 1.82) is 0 Å². The number of para-hydroxylation sites is 1. The highest BCUT2D eigenvalue weighted by molar-refractivity contribution is 8.17. The van der Waals surface area contributed by atoms with E-state index in [1.54, 1.807) is 6.92 Å². The lowest BCUT2D eigenvalue weighted by molar-refractivity contribution is -0.110. The van der Waals surface area contributed by atoms with Crippen molar-refractivity contribution in [3.8, 4) is 0 Å². The van der Waals surface area contributed by atoms with Crippen LogP contribution in [0.4, 0.5) is 11.4 Å². The van der Waals surface area contributed by atoms with E-state index in [0.717, 1.165) is 33.8 Å². The standard InChI is InChI=1S/C32H27ClN4OS/c1-21(2)23-16-18-24(19-17-23)30-28-14-7-8-15-29(28)32(36(34-30)26-11-5-4-6-12-26)37(35-31(39-32)22(3)38)27-13-9-10-25(33)20-27/h4-21H,1-3H3/t32-/m1/s1. The number of rotatable bonds is 5. The Bertz CT molecular complexity index is 1620. The molecule has 0 saturated heterocycles. The third kappa shape index (κ3) is 4.34. The molecule has 2 heterocycles. The van der Waals surface area contributed by atoms with Crippen LogP contribution in [0.15, 0.2) is 113 Å². The second kappa shape index (κ2) is 10.0. The summed E-state index contributed by atoms with van der Waals surface area (Å²) in [4.78, 5) is 11.8. The van der Waals surface area contributed by atoms with Crippen LogP contribution in [-0.2, 0) is 9.79 Å². The maximum atomic E-state index is 12.8. The summed E-state index contributed by atoms with van der Waals surface area (Å²) >= 11 is 7.85. The van der Waals surface area contributed by atoms with Crippen LogP contribution in [0.5, 0.6) is 0 Å². The van der Waals surface area contributed by atoms with Gasteiger partial charge in [0.2, 0.25) is 4.99 Å². The molecule has 1 spiro atoms. The van der Waals surface area contributed by atoms with E-state index in [4.69, 9.17) is 21.8 Å². The summed E-state index contributed by atoms with van der Waals surface area (Å²) in [5.41, 5.74) is 6.77. The molecule has 0 aliphatic carbocycles. The van der Waals surface area contributed by atoms with Crippen LogP contribution in [0, 0.1) is 0 Å². The Morgan fingerprint density at radius 1 is 0.821 bits per heavy atom. The Kier molecular flexibility index (Phi) is 6.53. The fourth-order valence-corrected chi connectivity index (χ4v) is 6.47. The van der Waals surface area contributed by atoms with Crippen LogP contribution in [0.3, 0.4) is 0 Å². The Morgan fingerprint density at radius 3 is 2.18 bits per heavy atom. The van der Waals surface area contributed by atoms with E-state index in [9.17, 15) is 4.79 Å². The molecule has 0 N–H and O–H groups in total. The highest BCUT2D eigenvalue weighted by Crippen LogP contribution is 2.55. The zero-order chi connectivity index (χ0) is 27.1. The average molecular weight is 551 g/mol. The van der Waals surface area contributed by atoms with E-state index in [-0.39, 0.29) is 5.78 Å². The number of benzene rings is 4. The van der Waals surface area contributed by atoms with Gasteiger partial charge >= 0.3 is 0 Å². The Morgan fingerprint density at radius 2 is 1.49 bits per heavy atom. The molecule has 0 fully saturated rings. The molecule has 2 aliphatic rings. The van der Waals surface area contributed by atoms with Gasteiger partial charge in [-0.1, -0.05) is 98.2 Å². The molecule has 0 radical (unpaired) electrons. The number of anilines is 2. The average Bonchev–Trinajstić information content (AvgIpc) is 3.35. The van der Waals surface area contributed by atoms with E-state index in [2.05, 4.69) is 50.2 Å². The van der Waals surface area contributed by atoms with Gasteiger partial charge in [-0.3, -0.25) is 4.79 Å². The molecule has 4 aromatic rings. The van der Waals surface area contributed by atoms with Gasteiger partial charge in [0.25, 0.3) is 0 Å². The molecular weight excluding hydrogens is 524 g/mol. The Labute approximate surface area is 237 Å². The van der Waals surface area contributed by atoms with Crippen LogP contribution in [0.1, 0.15) is 48.9 Å². The molecule has 0 unspecified atom stereocenters. The van der Waals surface area contributed by atoms with Crippen LogP contribution in [0.2, 0.25) is 5.02 Å². The van der Waals surface area contributed by atoms with Crippen molar-refractivity contribution in [3.63, 3.8) is 0 Å². The maximum Gasteiger partial charge on any atom is 0.234 e. The molecule has 4 aromatic carbocycles. The smallest absolute Gasteiger partial charge is 0.234 e. The number of hydrogen-bond donors (Lipinski definition) is 0. The molecular formula is C32H27ClN4OS. The lowest BCUT2D eigenvalue weighted by Crippen LogP contribution is -2.54. The van der Waals surface area contributed by atoms with Gasteiger partial charge in [-0.05, 0) is 53.6 Å². The lowest BCUT2D eigenvalue weighted by atomic mass is 9.92. The Hall–Kier alpha value is -3.87. The van der Waals surface area contributed by atoms with E-state index in [0.29, 0.717) is 16.0 Å². The summed E-state index contributed by atoms with van der Waals surface area (Å²) in [6, 6.07) is 34.4. The molecule has 0 aromatic heterocycles. The van der Waals surface area contributed by atoms with Gasteiger partial charge in [0, 0.05) is 28.6 Å². The van der Waals surface area contributed by atoms with Crippen molar-refractivity contribution in [2.45, 2.75) is 31.7 Å². The number of halogens is 1. The molecule has 0 saturated carbocycles. The number of carbonyl (C=O) groups excluding carboxylic acids is 1. The summed E-state index contributed by atoms with van der Waals surface area (Å²) in [5, 5.41) is 15.1. The van der Waals surface area contributed by atoms with Crippen LogP contribution >= 0.6 is 23.4 Å². The van der Waals surface area contributed by atoms with E-state index in [1.807, 2.05) is 76.7 Å². The van der Waals surface area contributed by atoms with Crippen molar-refractivity contribution >= 4 is 51.3 Å². The van der Waals surface area contributed by atoms with Gasteiger partial charge in [0.15, 0.2) is 10.8 Å². The van der Waals surface area contributed by atoms with Gasteiger partial charge in [-0.15, -0.1) is 0 Å². The second-order valence-electron chi connectivity index (χ2n) is 9.88. The summed E-state index contributed by atoms with van der Waals surface area (Å²) in [6.07, 6.45) is 0. The minimum Gasteiger partial charge on any atom is -0.292 e. The van der Waals surface area contributed by atoms with Crippen molar-refractivity contribution in [2.24, 2.45) is 10.2 Å². The first-order valence-electron chi connectivity index (χ1n) is 12.9. The number of thioether (sulfide) groups is 1. The van der Waals surface area contributed by atoms with E-state index in [1.165, 1.54) is 17.3 Å². The predicted octanol–water partition coefficient (Wildman–Crippen LogP) is 8.00. The van der Waals surface area contributed by atoms with Gasteiger partial charge < -0.3 is 0 Å². The van der Waals surface area contributed by atoms with Crippen molar-refractivity contribution in [3.05, 3.63) is 130 Å². The fraction of sp³-hybridized carbons (Fsp3) is 0.156. The predicted molar refractivity (Wildman–Crippen MR) is 163 cm³/mol. The summed E-state index contributed by atoms with van der Waals surface area (Å²) < 4.78 is 0. The summed E-state index contributed by atoms with van der Waals surface area (Å²) in [5.74, 6) is 0.334. The van der Waals surface area contributed by atoms with Crippen molar-refractivity contribution in [1.82, 2.24) is 0 Å². The minimum atomic E-state index is -0.995. The first-order chi connectivity index (χ1) is 18.9. The highest BCUT2D eigenvalue weighted by atomic mass is 35.5. The fourth-order valence-electron chi connectivity index (χ4n) is 4.99. The number of fused-ring (bicyclic) bond motifs is 2. The number of nitrogens with zero attached hydrogens (tertiary/aromatic N) is 4. The van der Waals surface area contributed by atoms with Crippen LogP contribution in [-0.4, -0.2) is 16.5 Å². The zero-order valence-corrected chi connectivity index (χ0v) is 23.4. The number of ketones is 1. The largest absolute Gasteiger partial charge is 0.292 e. The second-order valence-corrected chi connectivity index (χ2v) is 11.5. The first-order valence-corrected chi connectivity index (χ1v) is 14.1. The minimum absolute atomic E-state index is 0.103. The Balaban J connectivity index is 1.63. The van der Waals surface area contributed by atoms with Crippen molar-refractivity contribution < 1.29 is 4.79 Å². The quantitative estimate of drug-likeness (QED) is 0.252. The lowest BCUT2D eigenvalue weighted by Gasteiger charge is -2.47. The van der Waals surface area contributed by atoms with E-state index >= 15 is 0 Å². The molecule has 194 valence electrons. The van der Waals surface area contributed by atoms with E-state index < -0.39 is 4.99 Å². The van der Waals surface area contributed by atoms with Gasteiger partial charge in [-0.25, -0.2) is 10.0 Å². The molecule has 2 aliphatic heterocycles. The van der Waals surface area contributed by atoms with Crippen LogP contribution < -0.4 is 10.0 Å². The normalized spacial score (nSPS) is 18.3. The monoisotopic (exact) mass is 550 g/mol. The topological polar surface area (TPSA) is 48.3 Å². The molecule has 0 bridgehead atoms. The molecule has 0 amide bonds. The molecule has 7 heteroatoms. The van der Waals surface area contributed by atoms with Gasteiger partial charge in [-0.2, -0.15) is 10.2 Å². The number of hydrazone groups is 2. The SMILES string of the molecule is CC(=O)C1=NN(c2cccc(Cl)c2)[C@@]2(S1)c1ccccc1C(c1ccc(C(C)C)cc1)=NN2c1ccccc1. The third-order valence-corrected chi connectivity index (χ3v) is 8.59. The van der Waals surface area contributed by atoms with Gasteiger partial charge in [0.05, 0.1) is 17.1 Å².